The van der Waals surface area contributed by atoms with E-state index in [4.69, 9.17) is 14.4 Å². The first kappa shape index (κ1) is 28.8. The van der Waals surface area contributed by atoms with E-state index in [-0.39, 0.29) is 11.1 Å². The smallest absolute Gasteiger partial charge is 0.266 e. The molecule has 0 fully saturated rings. The summed E-state index contributed by atoms with van der Waals surface area (Å²) in [5.41, 5.74) is 4.35. The van der Waals surface area contributed by atoms with Crippen LogP contribution in [0.15, 0.2) is 147 Å². The summed E-state index contributed by atoms with van der Waals surface area (Å²) in [5, 5.41) is 2.91. The summed E-state index contributed by atoms with van der Waals surface area (Å²) in [6.45, 7) is 5.99. The first-order chi connectivity index (χ1) is 23.5. The number of furan rings is 1. The van der Waals surface area contributed by atoms with Crippen LogP contribution in [0.1, 0.15) is 6.92 Å². The molecule has 7 heteroatoms. The number of fused-ring (bicyclic) bond motifs is 4. The van der Waals surface area contributed by atoms with Crippen molar-refractivity contribution in [1.82, 2.24) is 19.1 Å². The first-order valence-corrected chi connectivity index (χ1v) is 15.6. The molecule has 8 aromatic rings. The molecule has 0 aliphatic heterocycles. The van der Waals surface area contributed by atoms with Crippen LogP contribution in [0, 0.1) is 0 Å². The van der Waals surface area contributed by atoms with E-state index < -0.39 is 0 Å². The molecule has 0 saturated heterocycles. The molecule has 48 heavy (non-hydrogen) atoms. The number of hydrogen-bond donors (Lipinski definition) is 0. The summed E-state index contributed by atoms with van der Waals surface area (Å²) in [5.74, 6) is 1.04. The maximum absolute atomic E-state index is 14.1. The number of nitrogens with zero attached hydrogens (tertiary/aromatic N) is 4. The number of allylic oxidation sites excluding steroid dienone is 2. The van der Waals surface area contributed by atoms with Crippen LogP contribution in [0.25, 0.3) is 79.6 Å². The van der Waals surface area contributed by atoms with Gasteiger partial charge in [-0.05, 0) is 61.5 Å². The minimum Gasteiger partial charge on any atom is -0.456 e. The maximum atomic E-state index is 14.1. The van der Waals surface area contributed by atoms with Gasteiger partial charge in [-0.2, -0.15) is 0 Å². The van der Waals surface area contributed by atoms with E-state index >= 15 is 0 Å². The third-order valence-electron chi connectivity index (χ3n) is 8.45. The van der Waals surface area contributed by atoms with Crippen LogP contribution in [0.2, 0.25) is 0 Å². The normalized spacial score (nSPS) is 12.1. The van der Waals surface area contributed by atoms with Gasteiger partial charge in [-0.15, -0.1) is 0 Å². The predicted octanol–water partition coefficient (Wildman–Crippen LogP) is 6.93. The Morgan fingerprint density at radius 3 is 1.77 bits per heavy atom. The van der Waals surface area contributed by atoms with Gasteiger partial charge in [0.05, 0.1) is 32.8 Å². The molecule has 0 unspecified atom stereocenters. The lowest BCUT2D eigenvalue weighted by Gasteiger charge is -2.14. The Morgan fingerprint density at radius 1 is 0.625 bits per heavy atom. The monoisotopic (exact) mass is 624 g/mol. The minimum absolute atomic E-state index is 0.171. The summed E-state index contributed by atoms with van der Waals surface area (Å²) in [7, 11) is 0. The van der Waals surface area contributed by atoms with Crippen LogP contribution in [-0.2, 0) is 0 Å². The van der Waals surface area contributed by atoms with Crippen molar-refractivity contribution in [3.8, 4) is 34.2 Å². The lowest BCUT2D eigenvalue weighted by molar-refractivity contribution is 0.668. The van der Waals surface area contributed by atoms with Crippen molar-refractivity contribution in [3.63, 3.8) is 0 Å². The summed E-state index contributed by atoms with van der Waals surface area (Å²) < 4.78 is 9.50. The zero-order valence-electron chi connectivity index (χ0n) is 26.0. The van der Waals surface area contributed by atoms with E-state index in [1.807, 2.05) is 134 Å². The average Bonchev–Trinajstić information content (AvgIpc) is 3.50. The van der Waals surface area contributed by atoms with Crippen molar-refractivity contribution in [2.75, 3.05) is 0 Å². The van der Waals surface area contributed by atoms with E-state index in [1.54, 1.807) is 21.3 Å². The molecular formula is C41H28N4O3. The second-order valence-corrected chi connectivity index (χ2v) is 11.4. The fourth-order valence-electron chi connectivity index (χ4n) is 6.10. The van der Waals surface area contributed by atoms with Crippen LogP contribution in [0.5, 0.6) is 0 Å². The minimum atomic E-state index is -0.270. The highest BCUT2D eigenvalue weighted by Gasteiger charge is 2.18. The highest BCUT2D eigenvalue weighted by Crippen LogP contribution is 2.33. The van der Waals surface area contributed by atoms with E-state index in [0.717, 1.165) is 21.9 Å². The summed E-state index contributed by atoms with van der Waals surface area (Å²) in [6.07, 6.45) is 5.52. The molecule has 0 spiro atoms. The highest BCUT2D eigenvalue weighted by atomic mass is 16.3. The fraction of sp³-hybridized carbons (Fsp3) is 0.0244. The first-order valence-electron chi connectivity index (χ1n) is 15.6. The van der Waals surface area contributed by atoms with Gasteiger partial charge in [-0.1, -0.05) is 91.5 Å². The topological polar surface area (TPSA) is 82.9 Å². The molecule has 0 amide bonds. The lowest BCUT2D eigenvalue weighted by Crippen LogP contribution is -2.46. The SMILES string of the molecule is C=c1c(=O)n(-c2ccc3oc4ccc(-n5c(-c6ccccc6)nc6ccccc6c5=O)cc4c3c2)c(-c2ccccc2)n/c1=C/C=C\C. The molecule has 0 bridgehead atoms. The fourth-order valence-corrected chi connectivity index (χ4v) is 6.10. The molecule has 0 saturated carbocycles. The van der Waals surface area contributed by atoms with Gasteiger partial charge in [-0.25, -0.2) is 9.97 Å². The molecule has 0 N–H and O–H groups in total. The Bertz CT molecular complexity index is 2800. The summed E-state index contributed by atoms with van der Waals surface area (Å²) in [4.78, 5) is 37.9. The van der Waals surface area contributed by atoms with Gasteiger partial charge in [-0.3, -0.25) is 18.7 Å². The van der Waals surface area contributed by atoms with Crippen LogP contribution in [-0.4, -0.2) is 19.1 Å². The molecule has 230 valence electrons. The quantitative estimate of drug-likeness (QED) is 0.207. The Hall–Kier alpha value is -6.60. The Balaban J connectivity index is 1.38. The zero-order chi connectivity index (χ0) is 32.8. The molecule has 3 heterocycles. The molecule has 0 aliphatic rings. The largest absolute Gasteiger partial charge is 0.456 e. The van der Waals surface area contributed by atoms with Crippen molar-refractivity contribution in [3.05, 3.63) is 165 Å². The van der Waals surface area contributed by atoms with Gasteiger partial charge < -0.3 is 4.42 Å². The Kier molecular flexibility index (Phi) is 7.00. The Morgan fingerprint density at radius 2 is 1.17 bits per heavy atom. The molecule has 5 aromatic carbocycles. The third-order valence-corrected chi connectivity index (χ3v) is 8.45. The van der Waals surface area contributed by atoms with Gasteiger partial charge in [0.1, 0.15) is 22.8 Å². The summed E-state index contributed by atoms with van der Waals surface area (Å²) >= 11 is 0. The number of rotatable bonds is 5. The van der Waals surface area contributed by atoms with Gasteiger partial charge in [0.2, 0.25) is 0 Å². The second kappa shape index (κ2) is 11.6. The van der Waals surface area contributed by atoms with Crippen LogP contribution < -0.4 is 21.7 Å². The second-order valence-electron chi connectivity index (χ2n) is 11.4. The summed E-state index contributed by atoms with van der Waals surface area (Å²) in [6, 6.07) is 38.0. The Labute approximate surface area is 274 Å². The van der Waals surface area contributed by atoms with Crippen LogP contribution >= 0.6 is 0 Å². The number of para-hydroxylation sites is 1. The number of benzene rings is 5. The van der Waals surface area contributed by atoms with Crippen LogP contribution in [0.3, 0.4) is 0 Å². The lowest BCUT2D eigenvalue weighted by atomic mass is 10.1. The molecule has 7 nitrogen and oxygen atoms in total. The van der Waals surface area contributed by atoms with Crippen molar-refractivity contribution < 1.29 is 4.42 Å². The van der Waals surface area contributed by atoms with Crippen molar-refractivity contribution in [2.24, 2.45) is 0 Å². The van der Waals surface area contributed by atoms with Gasteiger partial charge in [0.25, 0.3) is 11.1 Å². The van der Waals surface area contributed by atoms with E-state index in [9.17, 15) is 9.59 Å². The maximum Gasteiger partial charge on any atom is 0.266 e. The molecule has 0 atom stereocenters. The van der Waals surface area contributed by atoms with Crippen molar-refractivity contribution >= 4 is 45.5 Å². The van der Waals surface area contributed by atoms with E-state index in [2.05, 4.69) is 6.58 Å². The van der Waals surface area contributed by atoms with E-state index in [0.29, 0.717) is 55.7 Å². The number of hydrogen-bond acceptors (Lipinski definition) is 5. The number of aromatic nitrogens is 4. The molecule has 8 rings (SSSR count). The van der Waals surface area contributed by atoms with Gasteiger partial charge in [0, 0.05) is 21.9 Å². The third kappa shape index (κ3) is 4.77. The highest BCUT2D eigenvalue weighted by molar-refractivity contribution is 6.06. The molecule has 0 radical (unpaired) electrons. The molecule has 3 aromatic heterocycles. The average molecular weight is 625 g/mol. The van der Waals surface area contributed by atoms with E-state index in [1.165, 1.54) is 0 Å². The van der Waals surface area contributed by atoms with Crippen molar-refractivity contribution in [2.45, 2.75) is 6.92 Å². The standard InChI is InChI=1S/C41H28N4O3/c1-3-4-18-34-26(2)40(46)44(38(42-34)27-13-7-5-8-14-27)29-20-22-36-32(24-29)33-25-30(21-23-37(33)48-36)45-39(28-15-9-6-10-16-28)43-35-19-12-11-17-31(35)41(45)47/h3-25H,2H2,1H3/b4-3-,34-18+. The molecular weight excluding hydrogens is 596 g/mol. The zero-order valence-corrected chi connectivity index (χ0v) is 26.0. The molecule has 0 aliphatic carbocycles. The van der Waals surface area contributed by atoms with Gasteiger partial charge >= 0.3 is 0 Å². The predicted molar refractivity (Wildman–Crippen MR) is 193 cm³/mol. The van der Waals surface area contributed by atoms with Gasteiger partial charge in [0.15, 0.2) is 0 Å². The van der Waals surface area contributed by atoms with Crippen LogP contribution in [0.4, 0.5) is 0 Å². The van der Waals surface area contributed by atoms with Crippen molar-refractivity contribution in [1.29, 1.82) is 0 Å².